The van der Waals surface area contributed by atoms with E-state index in [0.717, 1.165) is 11.5 Å². The fourth-order valence-corrected chi connectivity index (χ4v) is 2.06. The van der Waals surface area contributed by atoms with Gasteiger partial charge < -0.3 is 15.1 Å². The van der Waals surface area contributed by atoms with E-state index in [1.165, 1.54) is 0 Å². The molecule has 2 N–H and O–H groups in total. The first-order chi connectivity index (χ1) is 9.47. The van der Waals surface area contributed by atoms with E-state index in [9.17, 15) is 4.79 Å². The largest absolute Gasteiger partial charge is 0.464 e. The Balaban J connectivity index is 2.22. The van der Waals surface area contributed by atoms with Crippen LogP contribution in [0.4, 0.5) is 5.69 Å². The van der Waals surface area contributed by atoms with Gasteiger partial charge >= 0.3 is 0 Å². The van der Waals surface area contributed by atoms with Gasteiger partial charge in [0.15, 0.2) is 0 Å². The molecule has 1 aromatic heterocycles. The maximum atomic E-state index is 12.6. The Kier molecular flexibility index (Phi) is 4.13. The zero-order valence-electron chi connectivity index (χ0n) is 12.1. The normalized spacial score (nSPS) is 10.8. The molecule has 0 aliphatic rings. The number of anilines is 1. The van der Waals surface area contributed by atoms with E-state index in [1.807, 2.05) is 32.9 Å². The molecule has 106 valence electrons. The van der Waals surface area contributed by atoms with E-state index in [-0.39, 0.29) is 11.9 Å². The number of rotatable bonds is 4. The SMILES string of the molecule is Cc1ccc(CN(C(=O)c2cccc(N)c2)C(C)C)o1. The third-order valence-electron chi connectivity index (χ3n) is 3.14. The minimum Gasteiger partial charge on any atom is -0.464 e. The van der Waals surface area contributed by atoms with Crippen LogP contribution in [0.25, 0.3) is 0 Å². The smallest absolute Gasteiger partial charge is 0.254 e. The van der Waals surface area contributed by atoms with E-state index < -0.39 is 0 Å². The summed E-state index contributed by atoms with van der Waals surface area (Å²) in [6.45, 7) is 6.32. The Morgan fingerprint density at radius 2 is 2.05 bits per heavy atom. The van der Waals surface area contributed by atoms with Gasteiger partial charge in [-0.05, 0) is 51.1 Å². The Morgan fingerprint density at radius 3 is 2.60 bits per heavy atom. The first kappa shape index (κ1) is 14.2. The zero-order valence-corrected chi connectivity index (χ0v) is 12.1. The number of carbonyl (C=O) groups excluding carboxylic acids is 1. The summed E-state index contributed by atoms with van der Waals surface area (Å²) in [4.78, 5) is 14.3. The van der Waals surface area contributed by atoms with Crippen LogP contribution in [0, 0.1) is 6.92 Å². The molecule has 0 aliphatic carbocycles. The molecular formula is C16H20N2O2. The molecule has 4 nitrogen and oxygen atoms in total. The molecule has 0 fully saturated rings. The van der Waals surface area contributed by atoms with Crippen molar-refractivity contribution in [2.45, 2.75) is 33.4 Å². The lowest BCUT2D eigenvalue weighted by Crippen LogP contribution is -2.36. The number of aryl methyl sites for hydroxylation is 1. The van der Waals surface area contributed by atoms with Gasteiger partial charge in [-0.15, -0.1) is 0 Å². The lowest BCUT2D eigenvalue weighted by Gasteiger charge is -2.26. The number of nitrogens with zero attached hydrogens (tertiary/aromatic N) is 1. The van der Waals surface area contributed by atoms with Crippen molar-refractivity contribution in [1.82, 2.24) is 4.90 Å². The molecule has 20 heavy (non-hydrogen) atoms. The van der Waals surface area contributed by atoms with Gasteiger partial charge in [-0.1, -0.05) is 6.07 Å². The molecule has 0 saturated heterocycles. The summed E-state index contributed by atoms with van der Waals surface area (Å²) in [5.41, 5.74) is 6.93. The molecule has 2 aromatic rings. The number of hydrogen-bond acceptors (Lipinski definition) is 3. The highest BCUT2D eigenvalue weighted by Crippen LogP contribution is 2.16. The molecule has 0 bridgehead atoms. The highest BCUT2D eigenvalue weighted by molar-refractivity contribution is 5.95. The van der Waals surface area contributed by atoms with E-state index in [4.69, 9.17) is 10.2 Å². The number of carbonyl (C=O) groups is 1. The molecule has 0 radical (unpaired) electrons. The van der Waals surface area contributed by atoms with Crippen molar-refractivity contribution in [2.75, 3.05) is 5.73 Å². The van der Waals surface area contributed by atoms with Crippen LogP contribution in [0.5, 0.6) is 0 Å². The van der Waals surface area contributed by atoms with Crippen molar-refractivity contribution in [3.8, 4) is 0 Å². The van der Waals surface area contributed by atoms with Gasteiger partial charge in [0.2, 0.25) is 0 Å². The maximum absolute atomic E-state index is 12.6. The number of amides is 1. The molecule has 0 aliphatic heterocycles. The standard InChI is InChI=1S/C16H20N2O2/c1-11(2)18(10-15-8-7-12(3)20-15)16(19)13-5-4-6-14(17)9-13/h4-9,11H,10,17H2,1-3H3. The minimum absolute atomic E-state index is 0.0404. The van der Waals surface area contributed by atoms with Crippen LogP contribution >= 0.6 is 0 Å². The van der Waals surface area contributed by atoms with Crippen molar-refractivity contribution in [3.63, 3.8) is 0 Å². The van der Waals surface area contributed by atoms with Crippen LogP contribution in [-0.2, 0) is 6.54 Å². The fraction of sp³-hybridized carbons (Fsp3) is 0.312. The highest BCUT2D eigenvalue weighted by atomic mass is 16.3. The fourth-order valence-electron chi connectivity index (χ4n) is 2.06. The molecule has 0 unspecified atom stereocenters. The summed E-state index contributed by atoms with van der Waals surface area (Å²) < 4.78 is 5.56. The highest BCUT2D eigenvalue weighted by Gasteiger charge is 2.20. The van der Waals surface area contributed by atoms with Gasteiger partial charge in [0.05, 0.1) is 6.54 Å². The molecular weight excluding hydrogens is 252 g/mol. The second kappa shape index (κ2) is 5.82. The summed E-state index contributed by atoms with van der Waals surface area (Å²) in [5.74, 6) is 1.59. The lowest BCUT2D eigenvalue weighted by atomic mass is 10.1. The second-order valence-corrected chi connectivity index (χ2v) is 5.16. The van der Waals surface area contributed by atoms with Crippen molar-refractivity contribution >= 4 is 11.6 Å². The quantitative estimate of drug-likeness (QED) is 0.869. The van der Waals surface area contributed by atoms with Crippen LogP contribution < -0.4 is 5.73 Å². The third kappa shape index (κ3) is 3.20. The Labute approximate surface area is 119 Å². The first-order valence-corrected chi connectivity index (χ1v) is 6.69. The van der Waals surface area contributed by atoms with E-state index in [0.29, 0.717) is 17.8 Å². The van der Waals surface area contributed by atoms with Crippen molar-refractivity contribution < 1.29 is 9.21 Å². The van der Waals surface area contributed by atoms with Crippen LogP contribution in [-0.4, -0.2) is 16.8 Å². The summed E-state index contributed by atoms with van der Waals surface area (Å²) >= 11 is 0. The minimum atomic E-state index is -0.0404. The Bertz CT molecular complexity index is 602. The average Bonchev–Trinajstić information content (AvgIpc) is 2.80. The van der Waals surface area contributed by atoms with Crippen molar-refractivity contribution in [1.29, 1.82) is 0 Å². The van der Waals surface area contributed by atoms with Gasteiger partial charge in [-0.25, -0.2) is 0 Å². The monoisotopic (exact) mass is 272 g/mol. The van der Waals surface area contributed by atoms with E-state index in [1.54, 1.807) is 29.2 Å². The van der Waals surface area contributed by atoms with Gasteiger partial charge in [-0.2, -0.15) is 0 Å². The predicted octanol–water partition coefficient (Wildman–Crippen LogP) is 3.22. The number of furan rings is 1. The second-order valence-electron chi connectivity index (χ2n) is 5.16. The van der Waals surface area contributed by atoms with Crippen LogP contribution in [0.3, 0.4) is 0 Å². The third-order valence-corrected chi connectivity index (χ3v) is 3.14. The number of nitrogen functional groups attached to an aromatic ring is 1. The summed E-state index contributed by atoms with van der Waals surface area (Å²) in [7, 11) is 0. The van der Waals surface area contributed by atoms with Crippen molar-refractivity contribution in [3.05, 3.63) is 53.5 Å². The lowest BCUT2D eigenvalue weighted by molar-refractivity contribution is 0.0675. The summed E-state index contributed by atoms with van der Waals surface area (Å²) in [6.07, 6.45) is 0. The summed E-state index contributed by atoms with van der Waals surface area (Å²) in [5, 5.41) is 0. The molecule has 0 spiro atoms. The Hall–Kier alpha value is -2.23. The average molecular weight is 272 g/mol. The van der Waals surface area contributed by atoms with Crippen LogP contribution in [0.1, 0.15) is 35.7 Å². The number of hydrogen-bond donors (Lipinski definition) is 1. The van der Waals surface area contributed by atoms with Crippen molar-refractivity contribution in [2.24, 2.45) is 0 Å². The van der Waals surface area contributed by atoms with E-state index in [2.05, 4.69) is 0 Å². The zero-order chi connectivity index (χ0) is 14.7. The van der Waals surface area contributed by atoms with Gasteiger partial charge in [0.1, 0.15) is 11.5 Å². The molecule has 1 heterocycles. The molecule has 0 atom stereocenters. The molecule has 1 amide bonds. The van der Waals surface area contributed by atoms with Gasteiger partial charge in [0.25, 0.3) is 5.91 Å². The Morgan fingerprint density at radius 1 is 1.30 bits per heavy atom. The topological polar surface area (TPSA) is 59.5 Å². The van der Waals surface area contributed by atoms with Crippen LogP contribution in [0.2, 0.25) is 0 Å². The first-order valence-electron chi connectivity index (χ1n) is 6.69. The van der Waals surface area contributed by atoms with Gasteiger partial charge in [-0.3, -0.25) is 4.79 Å². The maximum Gasteiger partial charge on any atom is 0.254 e. The molecule has 1 aromatic carbocycles. The van der Waals surface area contributed by atoms with Gasteiger partial charge in [0, 0.05) is 17.3 Å². The number of nitrogens with two attached hydrogens (primary N) is 1. The molecule has 2 rings (SSSR count). The molecule has 0 saturated carbocycles. The van der Waals surface area contributed by atoms with E-state index >= 15 is 0 Å². The van der Waals surface area contributed by atoms with Crippen LogP contribution in [0.15, 0.2) is 40.8 Å². The predicted molar refractivity (Wildman–Crippen MR) is 79.3 cm³/mol. The number of benzene rings is 1. The molecule has 4 heteroatoms. The summed E-state index contributed by atoms with van der Waals surface area (Å²) in [6, 6.07) is 10.9.